The second kappa shape index (κ2) is 13.7. The van der Waals surface area contributed by atoms with Crippen molar-refractivity contribution in [2.75, 3.05) is 44.2 Å². The minimum atomic E-state index is 0. The lowest BCUT2D eigenvalue weighted by Crippen LogP contribution is -2.49. The molecule has 1 aliphatic heterocycles. The van der Waals surface area contributed by atoms with Gasteiger partial charge in [-0.15, -0.1) is 24.8 Å². The summed E-state index contributed by atoms with van der Waals surface area (Å²) < 4.78 is 0. The van der Waals surface area contributed by atoms with E-state index < -0.39 is 0 Å². The number of carbonyl (C=O) groups excluding carboxylic acids is 1. The molecule has 134 valence electrons. The van der Waals surface area contributed by atoms with Crippen molar-refractivity contribution in [3.05, 3.63) is 0 Å². The van der Waals surface area contributed by atoms with Crippen LogP contribution in [0.4, 0.5) is 0 Å². The number of likely N-dealkylation sites (tertiary alicyclic amines) is 1. The van der Waals surface area contributed by atoms with E-state index in [0.717, 1.165) is 44.8 Å². The molecule has 2 unspecified atom stereocenters. The van der Waals surface area contributed by atoms with Gasteiger partial charge in [0.15, 0.2) is 0 Å². The van der Waals surface area contributed by atoms with Crippen molar-refractivity contribution in [3.63, 3.8) is 0 Å². The molecule has 1 aliphatic rings. The van der Waals surface area contributed by atoms with E-state index in [4.69, 9.17) is 5.73 Å². The summed E-state index contributed by atoms with van der Waals surface area (Å²) in [7, 11) is 0. The van der Waals surface area contributed by atoms with Gasteiger partial charge in [-0.1, -0.05) is 20.8 Å². The molecule has 0 aliphatic carbocycles. The number of hydrogen-bond donors (Lipinski definition) is 1. The molecule has 0 spiro atoms. The maximum absolute atomic E-state index is 12.3. The minimum Gasteiger partial charge on any atom is -0.338 e. The number of piperidine rings is 1. The quantitative estimate of drug-likeness (QED) is 0.664. The lowest BCUT2D eigenvalue weighted by atomic mass is 9.92. The Hall–Kier alpha value is 0.320. The Bertz CT molecular complexity index is 294. The first-order valence-corrected chi connectivity index (χ1v) is 9.07. The number of amides is 1. The molecule has 0 aromatic carbocycles. The van der Waals surface area contributed by atoms with Gasteiger partial charge in [0.25, 0.3) is 0 Å². The highest BCUT2D eigenvalue weighted by atomic mass is 35.5. The standard InChI is InChI=1S/C15H31N3OS.2ClH/c1-4-17(5-2)8-9-20-12-15(19)18-7-6-13(3)10-14(18)11-16;;/h13-14H,4-12,16H2,1-3H3;2*1H. The zero-order valence-corrected chi connectivity index (χ0v) is 16.6. The van der Waals surface area contributed by atoms with Crippen molar-refractivity contribution < 1.29 is 4.79 Å². The molecule has 2 N–H and O–H groups in total. The van der Waals surface area contributed by atoms with Crippen LogP contribution in [0.5, 0.6) is 0 Å². The summed E-state index contributed by atoms with van der Waals surface area (Å²) in [6.45, 7) is 11.3. The fraction of sp³-hybridized carbons (Fsp3) is 0.933. The number of hydrogen-bond acceptors (Lipinski definition) is 4. The van der Waals surface area contributed by atoms with E-state index in [1.165, 1.54) is 0 Å². The van der Waals surface area contributed by atoms with E-state index >= 15 is 0 Å². The van der Waals surface area contributed by atoms with Crippen LogP contribution in [0.1, 0.15) is 33.6 Å². The fourth-order valence-electron chi connectivity index (χ4n) is 2.78. The van der Waals surface area contributed by atoms with Crippen LogP contribution in [-0.2, 0) is 4.79 Å². The van der Waals surface area contributed by atoms with Gasteiger partial charge in [-0.2, -0.15) is 11.8 Å². The van der Waals surface area contributed by atoms with Crippen molar-refractivity contribution in [1.82, 2.24) is 9.80 Å². The second-order valence-corrected chi connectivity index (χ2v) is 6.79. The van der Waals surface area contributed by atoms with Gasteiger partial charge in [-0.25, -0.2) is 0 Å². The van der Waals surface area contributed by atoms with E-state index in [-0.39, 0.29) is 36.8 Å². The Labute approximate surface area is 152 Å². The van der Waals surface area contributed by atoms with Gasteiger partial charge in [-0.3, -0.25) is 4.79 Å². The highest BCUT2D eigenvalue weighted by Crippen LogP contribution is 2.22. The van der Waals surface area contributed by atoms with E-state index in [1.54, 1.807) is 11.8 Å². The maximum Gasteiger partial charge on any atom is 0.232 e. The molecule has 22 heavy (non-hydrogen) atoms. The highest BCUT2D eigenvalue weighted by molar-refractivity contribution is 7.99. The summed E-state index contributed by atoms with van der Waals surface area (Å²) in [6.07, 6.45) is 2.18. The predicted molar refractivity (Wildman–Crippen MR) is 103 cm³/mol. The van der Waals surface area contributed by atoms with Gasteiger partial charge in [0.2, 0.25) is 5.91 Å². The Morgan fingerprint density at radius 3 is 2.50 bits per heavy atom. The van der Waals surface area contributed by atoms with Crippen LogP contribution in [0.15, 0.2) is 0 Å². The van der Waals surface area contributed by atoms with Crippen LogP contribution in [0.25, 0.3) is 0 Å². The van der Waals surface area contributed by atoms with Gasteiger partial charge in [0.1, 0.15) is 0 Å². The van der Waals surface area contributed by atoms with Crippen molar-refractivity contribution in [3.8, 4) is 0 Å². The topological polar surface area (TPSA) is 49.6 Å². The molecule has 0 saturated carbocycles. The number of thioether (sulfide) groups is 1. The summed E-state index contributed by atoms with van der Waals surface area (Å²) in [5.41, 5.74) is 5.82. The minimum absolute atomic E-state index is 0. The highest BCUT2D eigenvalue weighted by Gasteiger charge is 2.28. The molecule has 7 heteroatoms. The van der Waals surface area contributed by atoms with E-state index in [9.17, 15) is 4.79 Å². The van der Waals surface area contributed by atoms with E-state index in [1.807, 2.05) is 4.90 Å². The molecule has 0 radical (unpaired) electrons. The Morgan fingerprint density at radius 1 is 1.32 bits per heavy atom. The maximum atomic E-state index is 12.3. The molecule has 1 rings (SSSR count). The third kappa shape index (κ3) is 8.25. The lowest BCUT2D eigenvalue weighted by Gasteiger charge is -2.38. The van der Waals surface area contributed by atoms with Crippen LogP contribution < -0.4 is 5.73 Å². The summed E-state index contributed by atoms with van der Waals surface area (Å²) in [6, 6.07) is 0.259. The molecule has 2 atom stereocenters. The van der Waals surface area contributed by atoms with E-state index in [2.05, 4.69) is 25.7 Å². The third-order valence-corrected chi connectivity index (χ3v) is 5.16. The molecule has 1 saturated heterocycles. The fourth-order valence-corrected chi connectivity index (χ4v) is 3.65. The smallest absolute Gasteiger partial charge is 0.232 e. The van der Waals surface area contributed by atoms with Crippen LogP contribution in [0.2, 0.25) is 0 Å². The lowest BCUT2D eigenvalue weighted by molar-refractivity contribution is -0.132. The molecule has 0 aromatic rings. The molecular weight excluding hydrogens is 341 g/mol. The first-order chi connectivity index (χ1) is 9.62. The van der Waals surface area contributed by atoms with Gasteiger partial charge >= 0.3 is 0 Å². The number of halogens is 2. The summed E-state index contributed by atoms with van der Waals surface area (Å²) in [4.78, 5) is 16.7. The largest absolute Gasteiger partial charge is 0.338 e. The van der Waals surface area contributed by atoms with Crippen LogP contribution in [0.3, 0.4) is 0 Å². The van der Waals surface area contributed by atoms with Gasteiger partial charge < -0.3 is 15.5 Å². The molecule has 4 nitrogen and oxygen atoms in total. The normalized spacial score (nSPS) is 21.2. The number of nitrogens with two attached hydrogens (primary N) is 1. The van der Waals surface area contributed by atoms with Crippen LogP contribution in [-0.4, -0.2) is 66.0 Å². The molecule has 0 aromatic heterocycles. The summed E-state index contributed by atoms with van der Waals surface area (Å²) in [5.74, 6) is 2.61. The monoisotopic (exact) mass is 373 g/mol. The predicted octanol–water partition coefficient (Wildman–Crippen LogP) is 2.49. The van der Waals surface area contributed by atoms with Crippen molar-refractivity contribution in [1.29, 1.82) is 0 Å². The molecule has 0 bridgehead atoms. The third-order valence-electron chi connectivity index (χ3n) is 4.24. The van der Waals surface area contributed by atoms with Crippen molar-refractivity contribution >= 4 is 42.5 Å². The summed E-state index contributed by atoms with van der Waals surface area (Å²) in [5, 5.41) is 0. The Kier molecular flexibility index (Phi) is 15.3. The SMILES string of the molecule is CCN(CC)CCSCC(=O)N1CCC(C)CC1CN.Cl.Cl. The number of carbonyl (C=O) groups is 1. The zero-order valence-electron chi connectivity index (χ0n) is 14.1. The first kappa shape index (κ1) is 24.6. The number of nitrogens with zero attached hydrogens (tertiary/aromatic N) is 2. The van der Waals surface area contributed by atoms with Crippen molar-refractivity contribution in [2.24, 2.45) is 11.7 Å². The second-order valence-electron chi connectivity index (χ2n) is 5.69. The van der Waals surface area contributed by atoms with Crippen LogP contribution >= 0.6 is 36.6 Å². The molecular formula is C15H33Cl2N3OS. The Morgan fingerprint density at radius 2 is 1.95 bits per heavy atom. The van der Waals surface area contributed by atoms with Gasteiger partial charge in [-0.05, 0) is 31.8 Å². The van der Waals surface area contributed by atoms with Gasteiger partial charge in [0, 0.05) is 31.4 Å². The summed E-state index contributed by atoms with van der Waals surface area (Å²) >= 11 is 1.75. The Balaban J connectivity index is 0. The van der Waals surface area contributed by atoms with Crippen molar-refractivity contribution in [2.45, 2.75) is 39.7 Å². The molecule has 1 heterocycles. The first-order valence-electron chi connectivity index (χ1n) is 7.91. The van der Waals surface area contributed by atoms with Gasteiger partial charge in [0.05, 0.1) is 5.75 Å². The molecule has 1 amide bonds. The zero-order chi connectivity index (χ0) is 15.0. The average molecular weight is 374 g/mol. The molecule has 1 fully saturated rings. The number of rotatable bonds is 8. The average Bonchev–Trinajstić information content (AvgIpc) is 2.47. The van der Waals surface area contributed by atoms with E-state index in [0.29, 0.717) is 18.2 Å². The van der Waals surface area contributed by atoms with Crippen LogP contribution in [0, 0.1) is 5.92 Å².